The van der Waals surface area contributed by atoms with Crippen LogP contribution in [0.2, 0.25) is 0 Å². The zero-order chi connectivity index (χ0) is 21.3. The van der Waals surface area contributed by atoms with Crippen LogP contribution in [0, 0.1) is 5.92 Å². The molecule has 0 unspecified atom stereocenters. The van der Waals surface area contributed by atoms with Gasteiger partial charge in [-0.15, -0.1) is 0 Å². The Labute approximate surface area is 177 Å². The van der Waals surface area contributed by atoms with Crippen molar-refractivity contribution in [3.63, 3.8) is 0 Å². The van der Waals surface area contributed by atoms with Crippen molar-refractivity contribution in [1.82, 2.24) is 5.32 Å². The normalized spacial score (nSPS) is 27.6. The average Bonchev–Trinajstić information content (AvgIpc) is 3.20. The number of carboxylic acid groups (broad SMARTS) is 1. The van der Waals surface area contributed by atoms with Gasteiger partial charge in [-0.2, -0.15) is 0 Å². The highest BCUT2D eigenvalue weighted by Crippen LogP contribution is 2.36. The lowest BCUT2D eigenvalue weighted by molar-refractivity contribution is -0.173. The molecule has 2 fully saturated rings. The molecule has 0 aromatic heterocycles. The van der Waals surface area contributed by atoms with Gasteiger partial charge < -0.3 is 25.0 Å². The highest BCUT2D eigenvalue weighted by Gasteiger charge is 2.47. The summed E-state index contributed by atoms with van der Waals surface area (Å²) in [5, 5.41) is 21.6. The molecule has 2 aromatic rings. The molecule has 6 heteroatoms. The molecule has 0 bridgehead atoms. The van der Waals surface area contributed by atoms with E-state index in [4.69, 9.17) is 19.4 Å². The van der Waals surface area contributed by atoms with E-state index in [-0.39, 0.29) is 12.2 Å². The number of aliphatic hydroxyl groups is 1. The third-order valence-corrected chi connectivity index (χ3v) is 5.59. The van der Waals surface area contributed by atoms with Gasteiger partial charge in [-0.3, -0.25) is 4.79 Å². The lowest BCUT2D eigenvalue weighted by atomic mass is 9.79. The van der Waals surface area contributed by atoms with Crippen LogP contribution in [-0.4, -0.2) is 47.1 Å². The molecule has 5 atom stereocenters. The van der Waals surface area contributed by atoms with E-state index < -0.39 is 12.1 Å². The van der Waals surface area contributed by atoms with E-state index in [0.29, 0.717) is 25.2 Å². The van der Waals surface area contributed by atoms with Crippen molar-refractivity contribution in [2.45, 2.75) is 57.3 Å². The second-order valence-corrected chi connectivity index (χ2v) is 7.86. The smallest absolute Gasteiger partial charge is 0.300 e. The minimum absolute atomic E-state index is 0.0948. The molecule has 0 radical (unpaired) electrons. The predicted octanol–water partition coefficient (Wildman–Crippen LogP) is 2.99. The molecule has 1 saturated heterocycles. The number of rotatable bonds is 6. The van der Waals surface area contributed by atoms with Crippen molar-refractivity contribution in [3.8, 4) is 0 Å². The Kier molecular flexibility index (Phi) is 8.39. The number of ether oxygens (including phenoxy) is 2. The van der Waals surface area contributed by atoms with E-state index in [9.17, 15) is 5.11 Å². The fourth-order valence-corrected chi connectivity index (χ4v) is 4.25. The molecule has 1 aliphatic carbocycles. The number of carboxylic acids is 1. The fourth-order valence-electron chi connectivity index (χ4n) is 4.25. The Bertz CT molecular complexity index is 766. The molecular formula is C24H31NO5. The van der Waals surface area contributed by atoms with Gasteiger partial charge in [-0.25, -0.2) is 0 Å². The summed E-state index contributed by atoms with van der Waals surface area (Å²) in [5.41, 5.74) is 2.27. The Hall–Kier alpha value is -2.25. The van der Waals surface area contributed by atoms with Gasteiger partial charge in [-0.05, 0) is 30.5 Å². The maximum Gasteiger partial charge on any atom is 0.300 e. The number of fused-ring (bicyclic) bond motifs is 1. The molecule has 3 N–H and O–H groups in total. The van der Waals surface area contributed by atoms with Crippen LogP contribution in [0.25, 0.3) is 0 Å². The molecular weight excluding hydrogens is 382 g/mol. The summed E-state index contributed by atoms with van der Waals surface area (Å²) in [5.74, 6) is -0.442. The topological polar surface area (TPSA) is 88.0 Å². The molecule has 30 heavy (non-hydrogen) atoms. The van der Waals surface area contributed by atoms with Crippen molar-refractivity contribution in [3.05, 3.63) is 71.8 Å². The summed E-state index contributed by atoms with van der Waals surface area (Å²) in [6.07, 6.45) is 0.909. The number of benzene rings is 2. The predicted molar refractivity (Wildman–Crippen MR) is 114 cm³/mol. The van der Waals surface area contributed by atoms with Crippen molar-refractivity contribution in [1.29, 1.82) is 0 Å². The molecule has 2 aromatic carbocycles. The van der Waals surface area contributed by atoms with Gasteiger partial charge in [-0.1, -0.05) is 60.7 Å². The molecule has 1 aliphatic heterocycles. The molecule has 2 aliphatic rings. The molecule has 1 heterocycles. The van der Waals surface area contributed by atoms with Gasteiger partial charge in [0.05, 0.1) is 25.4 Å². The van der Waals surface area contributed by atoms with Crippen LogP contribution in [0.15, 0.2) is 60.7 Å². The summed E-state index contributed by atoms with van der Waals surface area (Å²) in [6.45, 7) is 3.11. The lowest BCUT2D eigenvalue weighted by Gasteiger charge is -2.42. The van der Waals surface area contributed by atoms with Gasteiger partial charge in [0.2, 0.25) is 0 Å². The average molecular weight is 414 g/mol. The standard InChI is InChI=1S/C22H27NO3.C2H4O2/c24-20-13-19-18(11-12-23-19)21(25-14-16-7-3-1-4-8-16)22(20)26-15-17-9-5-2-6-10-17;1-2(3)4/h1-10,18-24H,11-15H2;1H3,(H,3,4)/t18-,19+,20-,21+,22-;/m1./s1. The van der Waals surface area contributed by atoms with Crippen LogP contribution in [0.3, 0.4) is 0 Å². The molecule has 0 spiro atoms. The number of carbonyl (C=O) groups is 1. The lowest BCUT2D eigenvalue weighted by Crippen LogP contribution is -2.55. The summed E-state index contributed by atoms with van der Waals surface area (Å²) < 4.78 is 12.5. The SMILES string of the molecule is CC(=O)O.O[C@@H]1C[C@@H]2NCC[C@H]2[C@H](OCc2ccccc2)[C@@H]1OCc1ccccc1. The first-order valence-corrected chi connectivity index (χ1v) is 10.5. The largest absolute Gasteiger partial charge is 0.481 e. The van der Waals surface area contributed by atoms with E-state index in [1.165, 1.54) is 0 Å². The second-order valence-electron chi connectivity index (χ2n) is 7.86. The molecule has 4 rings (SSSR count). The Balaban J connectivity index is 0.000000589. The Morgan fingerprint density at radius 3 is 2.00 bits per heavy atom. The number of hydrogen-bond acceptors (Lipinski definition) is 5. The minimum Gasteiger partial charge on any atom is -0.481 e. The molecule has 1 saturated carbocycles. The maximum atomic E-state index is 10.7. The highest BCUT2D eigenvalue weighted by molar-refractivity contribution is 5.62. The fraction of sp³-hybridized carbons (Fsp3) is 0.458. The third kappa shape index (κ3) is 6.37. The van der Waals surface area contributed by atoms with Gasteiger partial charge in [0.1, 0.15) is 6.10 Å². The monoisotopic (exact) mass is 413 g/mol. The van der Waals surface area contributed by atoms with E-state index in [0.717, 1.165) is 37.4 Å². The van der Waals surface area contributed by atoms with Crippen molar-refractivity contribution in [2.75, 3.05) is 6.54 Å². The van der Waals surface area contributed by atoms with Gasteiger partial charge >= 0.3 is 0 Å². The number of aliphatic carboxylic acids is 1. The zero-order valence-electron chi connectivity index (χ0n) is 17.3. The van der Waals surface area contributed by atoms with Crippen molar-refractivity contribution < 1.29 is 24.5 Å². The number of hydrogen-bond donors (Lipinski definition) is 3. The highest BCUT2D eigenvalue weighted by atomic mass is 16.5. The van der Waals surface area contributed by atoms with Crippen LogP contribution in [0.4, 0.5) is 0 Å². The van der Waals surface area contributed by atoms with Gasteiger partial charge in [0, 0.05) is 18.9 Å². The maximum absolute atomic E-state index is 10.7. The quantitative estimate of drug-likeness (QED) is 0.675. The van der Waals surface area contributed by atoms with Crippen LogP contribution in [-0.2, 0) is 27.5 Å². The van der Waals surface area contributed by atoms with Crippen LogP contribution < -0.4 is 5.32 Å². The molecule has 0 amide bonds. The van der Waals surface area contributed by atoms with Gasteiger partial charge in [0.15, 0.2) is 0 Å². The Morgan fingerprint density at radius 1 is 0.967 bits per heavy atom. The van der Waals surface area contributed by atoms with E-state index in [1.54, 1.807) is 0 Å². The minimum atomic E-state index is -0.833. The summed E-state index contributed by atoms with van der Waals surface area (Å²) in [4.78, 5) is 9.00. The van der Waals surface area contributed by atoms with E-state index >= 15 is 0 Å². The van der Waals surface area contributed by atoms with E-state index in [2.05, 4.69) is 29.6 Å². The van der Waals surface area contributed by atoms with Crippen LogP contribution in [0.5, 0.6) is 0 Å². The number of aliphatic hydroxyl groups excluding tert-OH is 1. The second kappa shape index (κ2) is 11.2. The first kappa shape index (κ1) is 22.4. The van der Waals surface area contributed by atoms with Crippen molar-refractivity contribution in [2.24, 2.45) is 5.92 Å². The van der Waals surface area contributed by atoms with Crippen molar-refractivity contribution >= 4 is 5.97 Å². The zero-order valence-corrected chi connectivity index (χ0v) is 17.3. The third-order valence-electron chi connectivity index (χ3n) is 5.59. The first-order valence-electron chi connectivity index (χ1n) is 10.5. The van der Waals surface area contributed by atoms with Crippen LogP contribution in [0.1, 0.15) is 30.9 Å². The summed E-state index contributed by atoms with van der Waals surface area (Å²) >= 11 is 0. The Morgan fingerprint density at radius 2 is 1.47 bits per heavy atom. The summed E-state index contributed by atoms with van der Waals surface area (Å²) in [7, 11) is 0. The summed E-state index contributed by atoms with van der Waals surface area (Å²) in [6, 6.07) is 20.7. The molecule has 162 valence electrons. The van der Waals surface area contributed by atoms with Gasteiger partial charge in [0.25, 0.3) is 5.97 Å². The molecule has 6 nitrogen and oxygen atoms in total. The number of nitrogens with one attached hydrogen (secondary N) is 1. The van der Waals surface area contributed by atoms with E-state index in [1.807, 2.05) is 36.4 Å². The van der Waals surface area contributed by atoms with Crippen LogP contribution >= 0.6 is 0 Å². The first-order chi connectivity index (χ1) is 14.5.